The summed E-state index contributed by atoms with van der Waals surface area (Å²) in [6.07, 6.45) is 2.08. The summed E-state index contributed by atoms with van der Waals surface area (Å²) in [4.78, 5) is 11.3. The van der Waals surface area contributed by atoms with Crippen LogP contribution in [0.25, 0.3) is 10.2 Å². The van der Waals surface area contributed by atoms with Crippen LogP contribution in [0.5, 0.6) is 5.88 Å². The van der Waals surface area contributed by atoms with E-state index in [1.807, 2.05) is 0 Å². The van der Waals surface area contributed by atoms with Gasteiger partial charge in [0, 0.05) is 11.4 Å². The number of hydrogen-bond acceptors (Lipinski definition) is 5. The lowest BCUT2D eigenvalue weighted by atomic mass is 10.1. The first-order chi connectivity index (χ1) is 9.60. The van der Waals surface area contributed by atoms with E-state index in [1.165, 1.54) is 4.88 Å². The average molecular weight is 293 g/mol. The number of nitrogens with one attached hydrogen (secondary N) is 1. The minimum absolute atomic E-state index is 0.634. The zero-order valence-corrected chi connectivity index (χ0v) is 13.5. The van der Waals surface area contributed by atoms with Crippen molar-refractivity contribution in [2.45, 2.75) is 40.5 Å². The summed E-state index contributed by atoms with van der Waals surface area (Å²) >= 11 is 1.68. The molecule has 0 aliphatic rings. The van der Waals surface area contributed by atoms with E-state index in [1.54, 1.807) is 11.3 Å². The second kappa shape index (κ2) is 6.88. The topological polar surface area (TPSA) is 47.0 Å². The van der Waals surface area contributed by atoms with Crippen molar-refractivity contribution in [3.05, 3.63) is 10.9 Å². The Morgan fingerprint density at radius 2 is 2.15 bits per heavy atom. The molecule has 0 unspecified atom stereocenters. The number of hydrogen-bond donors (Lipinski definition) is 1. The van der Waals surface area contributed by atoms with Crippen molar-refractivity contribution in [2.75, 3.05) is 18.5 Å². The lowest BCUT2D eigenvalue weighted by Gasteiger charge is -2.10. The Kier molecular flexibility index (Phi) is 5.17. The molecule has 110 valence electrons. The fraction of sp³-hybridized carbons (Fsp3) is 0.600. The lowest BCUT2D eigenvalue weighted by molar-refractivity contribution is 0.283. The molecule has 4 nitrogen and oxygen atoms in total. The number of nitrogens with zero attached hydrogens (tertiary/aromatic N) is 2. The molecule has 0 atom stereocenters. The van der Waals surface area contributed by atoms with Gasteiger partial charge in [0.2, 0.25) is 11.8 Å². The van der Waals surface area contributed by atoms with Gasteiger partial charge in [0.15, 0.2) is 0 Å². The molecular formula is C15H23N3OS. The predicted octanol–water partition coefficient (Wildman–Crippen LogP) is 4.25. The Hall–Kier alpha value is -1.36. The highest BCUT2D eigenvalue weighted by atomic mass is 32.1. The van der Waals surface area contributed by atoms with Gasteiger partial charge in [-0.2, -0.15) is 4.98 Å². The lowest BCUT2D eigenvalue weighted by Crippen LogP contribution is -2.07. The summed E-state index contributed by atoms with van der Waals surface area (Å²) in [6, 6.07) is 2.11. The van der Waals surface area contributed by atoms with Gasteiger partial charge in [-0.3, -0.25) is 0 Å². The van der Waals surface area contributed by atoms with Crippen molar-refractivity contribution in [3.63, 3.8) is 0 Å². The maximum atomic E-state index is 5.88. The number of aryl methyl sites for hydroxylation is 1. The normalized spacial score (nSPS) is 11.2. The predicted molar refractivity (Wildman–Crippen MR) is 85.9 cm³/mol. The Morgan fingerprint density at radius 3 is 2.85 bits per heavy atom. The van der Waals surface area contributed by atoms with Crippen LogP contribution in [-0.4, -0.2) is 23.1 Å². The van der Waals surface area contributed by atoms with Crippen molar-refractivity contribution in [1.82, 2.24) is 9.97 Å². The number of rotatable bonds is 7. The number of aromatic nitrogens is 2. The van der Waals surface area contributed by atoms with Crippen molar-refractivity contribution in [1.29, 1.82) is 0 Å². The first kappa shape index (κ1) is 15.0. The monoisotopic (exact) mass is 293 g/mol. The van der Waals surface area contributed by atoms with E-state index >= 15 is 0 Å². The smallest absolute Gasteiger partial charge is 0.227 e. The second-order valence-electron chi connectivity index (χ2n) is 5.39. The Labute approximate surface area is 124 Å². The van der Waals surface area contributed by atoms with Crippen LogP contribution < -0.4 is 10.1 Å². The van der Waals surface area contributed by atoms with Gasteiger partial charge in [0.1, 0.15) is 4.83 Å². The third kappa shape index (κ3) is 3.82. The van der Waals surface area contributed by atoms with Crippen molar-refractivity contribution in [2.24, 2.45) is 5.92 Å². The first-order valence-corrected chi connectivity index (χ1v) is 8.06. The third-order valence-corrected chi connectivity index (χ3v) is 3.89. The Balaban J connectivity index is 2.23. The summed E-state index contributed by atoms with van der Waals surface area (Å²) < 4.78 is 5.88. The number of anilines is 1. The highest BCUT2D eigenvalue weighted by Gasteiger charge is 2.11. The third-order valence-electron chi connectivity index (χ3n) is 2.95. The zero-order chi connectivity index (χ0) is 14.5. The molecule has 0 fully saturated rings. The molecule has 0 saturated carbocycles. The maximum absolute atomic E-state index is 5.88. The van der Waals surface area contributed by atoms with Gasteiger partial charge in [-0.1, -0.05) is 20.8 Å². The molecule has 0 aliphatic heterocycles. The van der Waals surface area contributed by atoms with E-state index in [0.29, 0.717) is 24.4 Å². The molecule has 2 heterocycles. The molecule has 2 aromatic rings. The standard InChI is InChI=1S/C15H23N3OS/c1-5-7-16-15-17-13(19-8-6-10(2)3)12-9-11(4)20-14(12)18-15/h9-10H,5-8H2,1-4H3,(H,16,17,18). The minimum Gasteiger partial charge on any atom is -0.477 e. The summed E-state index contributed by atoms with van der Waals surface area (Å²) in [7, 11) is 0. The van der Waals surface area contributed by atoms with Crippen LogP contribution in [0, 0.1) is 12.8 Å². The Bertz CT molecular complexity index is 565. The highest BCUT2D eigenvalue weighted by molar-refractivity contribution is 7.18. The van der Waals surface area contributed by atoms with E-state index in [9.17, 15) is 0 Å². The van der Waals surface area contributed by atoms with Gasteiger partial charge in [-0.05, 0) is 31.7 Å². The number of fused-ring (bicyclic) bond motifs is 1. The van der Waals surface area contributed by atoms with E-state index in [-0.39, 0.29) is 0 Å². The zero-order valence-electron chi connectivity index (χ0n) is 12.7. The van der Waals surface area contributed by atoms with Gasteiger partial charge < -0.3 is 10.1 Å². The summed E-state index contributed by atoms with van der Waals surface area (Å²) in [5.74, 6) is 2.01. The molecular weight excluding hydrogens is 270 g/mol. The van der Waals surface area contributed by atoms with Crippen LogP contribution in [0.3, 0.4) is 0 Å². The molecule has 0 bridgehead atoms. The fourth-order valence-corrected chi connectivity index (χ4v) is 2.70. The Morgan fingerprint density at radius 1 is 1.35 bits per heavy atom. The van der Waals surface area contributed by atoms with Crippen LogP contribution in [0.2, 0.25) is 0 Å². The molecule has 0 aliphatic carbocycles. The van der Waals surface area contributed by atoms with E-state index in [2.05, 4.69) is 49.0 Å². The molecule has 5 heteroatoms. The molecule has 0 radical (unpaired) electrons. The van der Waals surface area contributed by atoms with Crippen molar-refractivity contribution >= 4 is 27.5 Å². The van der Waals surface area contributed by atoms with Crippen LogP contribution in [0.15, 0.2) is 6.07 Å². The number of ether oxygens (including phenoxy) is 1. The van der Waals surface area contributed by atoms with Gasteiger partial charge in [0.25, 0.3) is 0 Å². The average Bonchev–Trinajstić information content (AvgIpc) is 2.76. The molecule has 20 heavy (non-hydrogen) atoms. The molecule has 2 aromatic heterocycles. The van der Waals surface area contributed by atoms with Gasteiger partial charge >= 0.3 is 0 Å². The largest absolute Gasteiger partial charge is 0.477 e. The fourth-order valence-electron chi connectivity index (χ4n) is 1.83. The van der Waals surface area contributed by atoms with Crippen molar-refractivity contribution in [3.8, 4) is 5.88 Å². The summed E-state index contributed by atoms with van der Waals surface area (Å²) in [5, 5.41) is 4.27. The summed E-state index contributed by atoms with van der Waals surface area (Å²) in [5.41, 5.74) is 0. The summed E-state index contributed by atoms with van der Waals surface area (Å²) in [6.45, 7) is 10.2. The highest BCUT2D eigenvalue weighted by Crippen LogP contribution is 2.31. The maximum Gasteiger partial charge on any atom is 0.227 e. The molecule has 0 aromatic carbocycles. The van der Waals surface area contributed by atoms with Gasteiger partial charge in [0.05, 0.1) is 12.0 Å². The minimum atomic E-state index is 0.634. The molecule has 1 N–H and O–H groups in total. The van der Waals surface area contributed by atoms with Gasteiger partial charge in [-0.25, -0.2) is 4.98 Å². The molecule has 0 spiro atoms. The molecule has 0 saturated heterocycles. The molecule has 0 amide bonds. The van der Waals surface area contributed by atoms with Crippen LogP contribution in [-0.2, 0) is 0 Å². The van der Waals surface area contributed by atoms with Crippen LogP contribution in [0.4, 0.5) is 5.95 Å². The quantitative estimate of drug-likeness (QED) is 0.829. The molecule has 2 rings (SSSR count). The first-order valence-electron chi connectivity index (χ1n) is 7.25. The van der Waals surface area contributed by atoms with E-state index < -0.39 is 0 Å². The van der Waals surface area contributed by atoms with E-state index in [4.69, 9.17) is 4.74 Å². The van der Waals surface area contributed by atoms with Crippen LogP contribution >= 0.6 is 11.3 Å². The second-order valence-corrected chi connectivity index (χ2v) is 6.62. The number of thiophene rings is 1. The SMILES string of the molecule is CCCNc1nc(OCCC(C)C)c2cc(C)sc2n1. The van der Waals surface area contributed by atoms with Gasteiger partial charge in [-0.15, -0.1) is 11.3 Å². The van der Waals surface area contributed by atoms with E-state index in [0.717, 1.165) is 29.6 Å². The van der Waals surface area contributed by atoms with Crippen LogP contribution in [0.1, 0.15) is 38.5 Å². The van der Waals surface area contributed by atoms with Crippen molar-refractivity contribution < 1.29 is 4.74 Å².